The first-order chi connectivity index (χ1) is 9.63. The van der Waals surface area contributed by atoms with Gasteiger partial charge in [0.25, 0.3) is 0 Å². The number of rotatable bonds is 5. The normalized spacial score (nSPS) is 22.8. The maximum Gasteiger partial charge on any atom is 0.237 e. The summed E-state index contributed by atoms with van der Waals surface area (Å²) in [5, 5.41) is 8.45. The Bertz CT molecular complexity index is 480. The number of hydrogen-bond donors (Lipinski definition) is 0. The molecule has 1 aromatic heterocycles. The Morgan fingerprint density at radius 1 is 1.40 bits per heavy atom. The monoisotopic (exact) mass is 277 g/mol. The van der Waals surface area contributed by atoms with Crippen molar-refractivity contribution in [2.45, 2.75) is 44.2 Å². The fourth-order valence-electron chi connectivity index (χ4n) is 2.90. The Labute approximate surface area is 119 Å². The van der Waals surface area contributed by atoms with Crippen molar-refractivity contribution < 1.29 is 4.79 Å². The van der Waals surface area contributed by atoms with E-state index in [1.54, 1.807) is 0 Å². The summed E-state index contributed by atoms with van der Waals surface area (Å²) in [6.45, 7) is 2.14. The predicted octanol–water partition coefficient (Wildman–Crippen LogP) is 0.708. The minimum Gasteiger partial charge on any atom is -0.337 e. The smallest absolute Gasteiger partial charge is 0.237 e. The van der Waals surface area contributed by atoms with Gasteiger partial charge < -0.3 is 9.80 Å². The molecular weight excluding hydrogens is 254 g/mol. The van der Waals surface area contributed by atoms with Crippen LogP contribution >= 0.6 is 0 Å². The topological polar surface area (TPSA) is 54.3 Å². The molecule has 1 saturated carbocycles. The summed E-state index contributed by atoms with van der Waals surface area (Å²) in [6.07, 6.45) is 6.71. The van der Waals surface area contributed by atoms with Gasteiger partial charge in [0.05, 0.1) is 24.8 Å². The molecule has 1 aliphatic carbocycles. The summed E-state index contributed by atoms with van der Waals surface area (Å²) in [5.41, 5.74) is 1.12. The summed E-state index contributed by atoms with van der Waals surface area (Å²) in [4.78, 5) is 16.2. The molecule has 0 N–H and O–H groups in total. The highest BCUT2D eigenvalue weighted by atomic mass is 16.2. The van der Waals surface area contributed by atoms with Crippen LogP contribution in [0.2, 0.25) is 0 Å². The van der Waals surface area contributed by atoms with Crippen LogP contribution in [0.15, 0.2) is 6.20 Å². The molecule has 1 saturated heterocycles. The third kappa shape index (κ3) is 3.00. The number of hydrogen-bond acceptors (Lipinski definition) is 4. The Balaban J connectivity index is 1.61. The Morgan fingerprint density at radius 2 is 2.20 bits per heavy atom. The first-order valence-electron chi connectivity index (χ1n) is 7.47. The van der Waals surface area contributed by atoms with Crippen LogP contribution in [0.4, 0.5) is 0 Å². The van der Waals surface area contributed by atoms with Gasteiger partial charge in [-0.3, -0.25) is 9.48 Å². The molecule has 1 atom stereocenters. The molecule has 0 aromatic carbocycles. The fraction of sp³-hybridized carbons (Fsp3) is 0.786. The number of carbonyl (C=O) groups excluding carboxylic acids is 1. The summed E-state index contributed by atoms with van der Waals surface area (Å²) in [7, 11) is 3.87. The molecule has 110 valence electrons. The number of aromatic nitrogens is 3. The second-order valence-corrected chi connectivity index (χ2v) is 6.26. The molecule has 0 unspecified atom stereocenters. The molecule has 2 fully saturated rings. The number of nitrogens with zero attached hydrogens (tertiary/aromatic N) is 5. The lowest BCUT2D eigenvalue weighted by Gasteiger charge is -2.25. The van der Waals surface area contributed by atoms with Crippen molar-refractivity contribution in [1.29, 1.82) is 0 Å². The van der Waals surface area contributed by atoms with E-state index < -0.39 is 0 Å². The van der Waals surface area contributed by atoms with Crippen LogP contribution in [0.3, 0.4) is 0 Å². The van der Waals surface area contributed by atoms with Gasteiger partial charge >= 0.3 is 0 Å². The van der Waals surface area contributed by atoms with Gasteiger partial charge in [-0.25, -0.2) is 0 Å². The van der Waals surface area contributed by atoms with E-state index in [9.17, 15) is 4.79 Å². The van der Waals surface area contributed by atoms with Crippen LogP contribution in [0.1, 0.15) is 37.3 Å². The molecule has 2 aliphatic rings. The van der Waals surface area contributed by atoms with Gasteiger partial charge in [-0.05, 0) is 39.8 Å². The lowest BCUT2D eigenvalue weighted by atomic mass is 10.2. The molecule has 1 aromatic rings. The number of amides is 1. The number of carbonyl (C=O) groups is 1. The molecule has 0 bridgehead atoms. The highest BCUT2D eigenvalue weighted by molar-refractivity contribution is 5.78. The summed E-state index contributed by atoms with van der Waals surface area (Å²) < 4.78 is 1.92. The van der Waals surface area contributed by atoms with E-state index in [2.05, 4.69) is 16.5 Å². The Kier molecular flexibility index (Phi) is 3.74. The first-order valence-corrected chi connectivity index (χ1v) is 7.47. The van der Waals surface area contributed by atoms with Crippen molar-refractivity contribution in [3.8, 4) is 0 Å². The first kappa shape index (κ1) is 13.5. The minimum absolute atomic E-state index is 0.222. The zero-order valence-electron chi connectivity index (χ0n) is 12.3. The van der Waals surface area contributed by atoms with Crippen LogP contribution in [0.5, 0.6) is 0 Å². The van der Waals surface area contributed by atoms with E-state index in [-0.39, 0.29) is 11.9 Å². The predicted molar refractivity (Wildman–Crippen MR) is 75.3 cm³/mol. The molecular formula is C14H23N5O. The second-order valence-electron chi connectivity index (χ2n) is 6.26. The lowest BCUT2D eigenvalue weighted by molar-refractivity contribution is -0.132. The van der Waals surface area contributed by atoms with Crippen LogP contribution in [0.25, 0.3) is 0 Å². The summed E-state index contributed by atoms with van der Waals surface area (Å²) in [6, 6.07) is 0.274. The lowest BCUT2D eigenvalue weighted by Crippen LogP contribution is -2.42. The zero-order valence-corrected chi connectivity index (χ0v) is 12.3. The molecule has 0 radical (unpaired) electrons. The van der Waals surface area contributed by atoms with E-state index in [4.69, 9.17) is 0 Å². The standard InChI is InChI=1S/C14H23N5O/c1-17(2)10-14(20)19-7-3-4-12(19)8-18-9-13(15-16-18)11-5-6-11/h9,11-12H,3-8,10H2,1-2H3/t12-/m0/s1. The van der Waals surface area contributed by atoms with Gasteiger partial charge in [-0.1, -0.05) is 5.21 Å². The SMILES string of the molecule is CN(C)CC(=O)N1CCC[C@H]1Cn1cc(C2CC2)nn1. The average molecular weight is 277 g/mol. The fourth-order valence-corrected chi connectivity index (χ4v) is 2.90. The van der Waals surface area contributed by atoms with Crippen molar-refractivity contribution in [1.82, 2.24) is 24.8 Å². The maximum absolute atomic E-state index is 12.2. The van der Waals surface area contributed by atoms with Gasteiger partial charge in [0.15, 0.2) is 0 Å². The molecule has 1 aliphatic heterocycles. The third-order valence-electron chi connectivity index (χ3n) is 4.10. The molecule has 6 nitrogen and oxygen atoms in total. The van der Waals surface area contributed by atoms with Crippen molar-refractivity contribution in [3.63, 3.8) is 0 Å². The molecule has 3 rings (SSSR count). The van der Waals surface area contributed by atoms with Gasteiger partial charge in [-0.15, -0.1) is 5.10 Å². The highest BCUT2D eigenvalue weighted by Gasteiger charge is 2.30. The maximum atomic E-state index is 12.2. The van der Waals surface area contributed by atoms with Crippen molar-refractivity contribution in [2.24, 2.45) is 0 Å². The largest absolute Gasteiger partial charge is 0.337 e. The molecule has 2 heterocycles. The van der Waals surface area contributed by atoms with E-state index >= 15 is 0 Å². The van der Waals surface area contributed by atoms with Crippen LogP contribution < -0.4 is 0 Å². The van der Waals surface area contributed by atoms with Gasteiger partial charge in [0, 0.05) is 18.7 Å². The number of likely N-dealkylation sites (N-methyl/N-ethyl adjacent to an activating group) is 1. The molecule has 6 heteroatoms. The minimum atomic E-state index is 0.222. The zero-order chi connectivity index (χ0) is 14.1. The number of likely N-dealkylation sites (tertiary alicyclic amines) is 1. The van der Waals surface area contributed by atoms with Gasteiger partial charge in [0.1, 0.15) is 0 Å². The third-order valence-corrected chi connectivity index (χ3v) is 4.10. The van der Waals surface area contributed by atoms with Crippen LogP contribution in [-0.4, -0.2) is 63.9 Å². The van der Waals surface area contributed by atoms with Crippen molar-refractivity contribution >= 4 is 5.91 Å². The van der Waals surface area contributed by atoms with Gasteiger partial charge in [0.2, 0.25) is 5.91 Å². The second kappa shape index (κ2) is 5.52. The Morgan fingerprint density at radius 3 is 2.90 bits per heavy atom. The quantitative estimate of drug-likeness (QED) is 0.795. The highest BCUT2D eigenvalue weighted by Crippen LogP contribution is 2.38. The molecule has 0 spiro atoms. The van der Waals surface area contributed by atoms with Crippen molar-refractivity contribution in [2.75, 3.05) is 27.2 Å². The summed E-state index contributed by atoms with van der Waals surface area (Å²) in [5.74, 6) is 0.860. The molecule has 20 heavy (non-hydrogen) atoms. The van der Waals surface area contributed by atoms with Crippen molar-refractivity contribution in [3.05, 3.63) is 11.9 Å². The van der Waals surface area contributed by atoms with Gasteiger partial charge in [-0.2, -0.15) is 0 Å². The van der Waals surface area contributed by atoms with E-state index in [0.29, 0.717) is 12.5 Å². The molecule has 1 amide bonds. The van der Waals surface area contributed by atoms with E-state index in [0.717, 1.165) is 31.6 Å². The average Bonchev–Trinajstić information content (AvgIpc) is 2.96. The summed E-state index contributed by atoms with van der Waals surface area (Å²) >= 11 is 0. The van der Waals surface area contributed by atoms with Crippen LogP contribution in [-0.2, 0) is 11.3 Å². The van der Waals surface area contributed by atoms with E-state index in [1.165, 1.54) is 12.8 Å². The van der Waals surface area contributed by atoms with Crippen LogP contribution in [0, 0.1) is 0 Å². The Hall–Kier alpha value is -1.43. The van der Waals surface area contributed by atoms with E-state index in [1.807, 2.05) is 28.6 Å².